The van der Waals surface area contributed by atoms with Crippen LogP contribution in [0.15, 0.2) is 26.8 Å². The van der Waals surface area contributed by atoms with Crippen LogP contribution >= 0.6 is 0 Å². The van der Waals surface area contributed by atoms with Crippen LogP contribution in [0.5, 0.6) is 0 Å². The van der Waals surface area contributed by atoms with Gasteiger partial charge >= 0.3 is 23.7 Å². The molecule has 3 aliphatic heterocycles. The van der Waals surface area contributed by atoms with Gasteiger partial charge in [-0.3, -0.25) is 33.7 Å². The highest BCUT2D eigenvalue weighted by Crippen LogP contribution is 2.34. The molecule has 4 heterocycles. The standard InChI is InChI=1S/C36H59N11O16/c1-13(2)18(44-29(54)20(15-6-10-41-34(38)42-15)46-35(59)45-19(14(3)4)31(55)56)28(53)40-9-5-8-39-21(32(57)58)26(63-33-25(52)22(49)16(12-37)61-33)27-23(50)24(51)30(62-27)47-11-7-17(48)43-36(47)60/h7,11,13-16,18-27,30,33,39,49-52H,5-6,8-10,12,37H2,1-4H3,(H,40,53)(H,44,54)(H,55,56)(H,57,58)(H3,38,41,42)(H,43,48,60)(H2,45,46,59)/t15-,16+,18-,19-,20-,21-,22+,23-,24+,25+,26-,27-,30+,33-/m0/s1. The van der Waals surface area contributed by atoms with Gasteiger partial charge in [0.05, 0.1) is 6.04 Å². The average Bonchev–Trinajstić information content (AvgIpc) is 3.66. The number of aliphatic imine (C=N–C) groups is 1. The van der Waals surface area contributed by atoms with E-state index >= 15 is 0 Å². The lowest BCUT2D eigenvalue weighted by atomic mass is 9.98. The molecule has 63 heavy (non-hydrogen) atoms. The molecule has 27 nitrogen and oxygen atoms in total. The first kappa shape index (κ1) is 50.4. The van der Waals surface area contributed by atoms with Crippen LogP contribution in [0.4, 0.5) is 4.79 Å². The number of amides is 4. The number of carboxylic acid groups (broad SMARTS) is 2. The van der Waals surface area contributed by atoms with Crippen LogP contribution in [0, 0.1) is 11.8 Å². The lowest BCUT2D eigenvalue weighted by Crippen LogP contribution is -2.65. The zero-order valence-corrected chi connectivity index (χ0v) is 34.9. The number of guanidine groups is 1. The molecule has 0 spiro atoms. The molecule has 0 radical (unpaired) electrons. The predicted octanol–water partition coefficient (Wildman–Crippen LogP) is -6.91. The normalized spacial score (nSPS) is 28.2. The summed E-state index contributed by atoms with van der Waals surface area (Å²) in [6, 6.07) is -6.40. The number of urea groups is 1. The zero-order valence-electron chi connectivity index (χ0n) is 34.9. The van der Waals surface area contributed by atoms with Gasteiger partial charge in [0.2, 0.25) is 11.8 Å². The Labute approximate surface area is 359 Å². The highest BCUT2D eigenvalue weighted by Gasteiger charge is 2.54. The van der Waals surface area contributed by atoms with Crippen LogP contribution in [0.2, 0.25) is 0 Å². The fourth-order valence-electron chi connectivity index (χ4n) is 7.19. The van der Waals surface area contributed by atoms with Gasteiger partial charge in [-0.15, -0.1) is 0 Å². The number of carbonyl (C=O) groups excluding carboxylic acids is 3. The number of carboxylic acids is 2. The summed E-state index contributed by atoms with van der Waals surface area (Å²) in [6.45, 7) is 6.16. The van der Waals surface area contributed by atoms with Crippen molar-refractivity contribution < 1.29 is 68.8 Å². The van der Waals surface area contributed by atoms with Crippen molar-refractivity contribution in [2.75, 3.05) is 26.2 Å². The molecule has 2 fully saturated rings. The average molecular weight is 902 g/mol. The lowest BCUT2D eigenvalue weighted by molar-refractivity contribution is -0.228. The summed E-state index contributed by atoms with van der Waals surface area (Å²) in [7, 11) is 0. The predicted molar refractivity (Wildman–Crippen MR) is 215 cm³/mol. The van der Waals surface area contributed by atoms with E-state index in [0.717, 1.165) is 16.8 Å². The Morgan fingerprint density at radius 3 is 2.13 bits per heavy atom. The molecule has 4 rings (SSSR count). The van der Waals surface area contributed by atoms with Gasteiger partial charge in [-0.25, -0.2) is 14.4 Å². The Balaban J connectivity index is 1.45. The van der Waals surface area contributed by atoms with Crippen molar-refractivity contribution >= 4 is 35.7 Å². The van der Waals surface area contributed by atoms with Crippen molar-refractivity contribution in [2.24, 2.45) is 28.3 Å². The maximum absolute atomic E-state index is 13.7. The maximum atomic E-state index is 13.7. The summed E-state index contributed by atoms with van der Waals surface area (Å²) in [4.78, 5) is 94.9. The van der Waals surface area contributed by atoms with E-state index in [4.69, 9.17) is 25.7 Å². The Morgan fingerprint density at radius 2 is 1.56 bits per heavy atom. The number of ether oxygens (including phenoxy) is 3. The molecule has 2 saturated heterocycles. The summed E-state index contributed by atoms with van der Waals surface area (Å²) in [6.07, 6.45) is -13.9. The summed E-state index contributed by atoms with van der Waals surface area (Å²) in [5.74, 6) is -5.31. The number of aliphatic carboxylic acids is 2. The van der Waals surface area contributed by atoms with Crippen LogP contribution in [0.25, 0.3) is 0 Å². The topological polar surface area (TPSA) is 426 Å². The van der Waals surface area contributed by atoms with E-state index in [2.05, 4.69) is 36.9 Å². The molecule has 0 bridgehead atoms. The van der Waals surface area contributed by atoms with Gasteiger partial charge in [-0.05, 0) is 31.2 Å². The number of carbonyl (C=O) groups is 5. The molecule has 14 atom stereocenters. The Kier molecular flexibility index (Phi) is 17.9. The Morgan fingerprint density at radius 1 is 0.889 bits per heavy atom. The number of H-pyrrole nitrogens is 1. The van der Waals surface area contributed by atoms with Crippen molar-refractivity contribution in [3.63, 3.8) is 0 Å². The molecule has 0 saturated carbocycles. The lowest BCUT2D eigenvalue weighted by Gasteiger charge is -2.33. The van der Waals surface area contributed by atoms with E-state index in [1.807, 2.05) is 4.98 Å². The van der Waals surface area contributed by atoms with Gasteiger partial charge in [0.15, 0.2) is 18.5 Å². The number of aliphatic hydroxyl groups excluding tert-OH is 4. The minimum atomic E-state index is -1.93. The van der Waals surface area contributed by atoms with Gasteiger partial charge in [0.1, 0.15) is 66.9 Å². The van der Waals surface area contributed by atoms with Crippen molar-refractivity contribution in [3.05, 3.63) is 33.1 Å². The minimum Gasteiger partial charge on any atom is -0.480 e. The number of nitrogens with one attached hydrogen (secondary N) is 7. The number of aromatic nitrogens is 2. The molecule has 0 aromatic carbocycles. The first-order chi connectivity index (χ1) is 29.7. The van der Waals surface area contributed by atoms with Crippen LogP contribution in [0.3, 0.4) is 0 Å². The second kappa shape index (κ2) is 22.4. The summed E-state index contributed by atoms with van der Waals surface area (Å²) >= 11 is 0. The van der Waals surface area contributed by atoms with E-state index < -0.39 is 138 Å². The quantitative estimate of drug-likeness (QED) is 0.0510. The van der Waals surface area contributed by atoms with E-state index in [-0.39, 0.29) is 45.0 Å². The summed E-state index contributed by atoms with van der Waals surface area (Å²) in [5, 5.41) is 78.7. The molecule has 27 heteroatoms. The third-order valence-electron chi connectivity index (χ3n) is 10.7. The number of rotatable bonds is 21. The highest BCUT2D eigenvalue weighted by molar-refractivity contribution is 5.93. The SMILES string of the molecule is CC(C)[C@H](NC(=O)N[C@H](C(=O)N[C@H](C(=O)NCCCN[C@H](C(=O)O)[C@H](O[C@@H]1O[C@H](CN)[C@@H](O)[C@H]1O)[C@H]1O[C@@H](n2ccc(=O)[nH]c2=O)[C@H](O)[C@@H]1O)C(C)C)[C@@H]1CCN=C(N)N1)C(=O)O. The van der Waals surface area contributed by atoms with Gasteiger partial charge in [0.25, 0.3) is 5.56 Å². The molecule has 0 unspecified atom stereocenters. The van der Waals surface area contributed by atoms with E-state index in [1.54, 1.807) is 27.7 Å². The fraction of sp³-hybridized carbons (Fsp3) is 0.722. The zero-order chi connectivity index (χ0) is 46.9. The van der Waals surface area contributed by atoms with Crippen LogP contribution in [-0.2, 0) is 33.4 Å². The molecule has 354 valence electrons. The number of nitrogens with zero attached hydrogens (tertiary/aromatic N) is 2. The first-order valence-electron chi connectivity index (χ1n) is 20.3. The number of aromatic amines is 1. The van der Waals surface area contributed by atoms with Gasteiger partial charge in [-0.2, -0.15) is 0 Å². The van der Waals surface area contributed by atoms with E-state index in [1.165, 1.54) is 0 Å². The second-order valence-corrected chi connectivity index (χ2v) is 16.0. The largest absolute Gasteiger partial charge is 0.480 e. The summed E-state index contributed by atoms with van der Waals surface area (Å²) < 4.78 is 17.9. The van der Waals surface area contributed by atoms with Crippen LogP contribution in [0.1, 0.15) is 46.8 Å². The molecule has 17 N–H and O–H groups in total. The van der Waals surface area contributed by atoms with Gasteiger partial charge in [-0.1, -0.05) is 27.7 Å². The monoisotopic (exact) mass is 901 g/mol. The minimum absolute atomic E-state index is 0.00603. The van der Waals surface area contributed by atoms with Crippen molar-refractivity contribution in [2.45, 2.75) is 126 Å². The Bertz CT molecular complexity index is 1910. The molecule has 1 aromatic heterocycles. The molecule has 3 aliphatic rings. The van der Waals surface area contributed by atoms with Crippen LogP contribution < -0.4 is 54.6 Å². The van der Waals surface area contributed by atoms with E-state index in [9.17, 15) is 64.2 Å². The number of nitrogens with two attached hydrogens (primary N) is 2. The third kappa shape index (κ3) is 12.7. The van der Waals surface area contributed by atoms with Crippen LogP contribution in [-0.4, -0.2) is 181 Å². The molecule has 0 aliphatic carbocycles. The smallest absolute Gasteiger partial charge is 0.330 e. The molecule has 4 amide bonds. The highest BCUT2D eigenvalue weighted by atomic mass is 16.7. The summed E-state index contributed by atoms with van der Waals surface area (Å²) in [5.41, 5.74) is 9.67. The number of hydrogen-bond donors (Lipinski definition) is 15. The van der Waals surface area contributed by atoms with Crippen molar-refractivity contribution in [3.8, 4) is 0 Å². The van der Waals surface area contributed by atoms with Crippen molar-refractivity contribution in [1.82, 2.24) is 41.5 Å². The maximum Gasteiger partial charge on any atom is 0.330 e. The second-order valence-electron chi connectivity index (χ2n) is 16.0. The van der Waals surface area contributed by atoms with E-state index in [0.29, 0.717) is 0 Å². The molecule has 1 aromatic rings. The van der Waals surface area contributed by atoms with Crippen molar-refractivity contribution in [1.29, 1.82) is 0 Å². The first-order valence-corrected chi connectivity index (χ1v) is 20.3. The Hall–Kier alpha value is -5.26. The fourth-order valence-corrected chi connectivity index (χ4v) is 7.19. The number of aliphatic hydroxyl groups is 4. The number of hydrogen-bond acceptors (Lipinski definition) is 19. The molecular weight excluding hydrogens is 842 g/mol. The molecular formula is C36H59N11O16. The van der Waals surface area contributed by atoms with Gasteiger partial charge in [0, 0.05) is 31.9 Å². The van der Waals surface area contributed by atoms with Gasteiger partial charge < -0.3 is 88.2 Å². The third-order valence-corrected chi connectivity index (χ3v) is 10.7.